The molecule has 3 heterocycles. The van der Waals surface area contributed by atoms with E-state index < -0.39 is 0 Å². The molecule has 2 aliphatic rings. The third-order valence-electron chi connectivity index (χ3n) is 5.48. The zero-order chi connectivity index (χ0) is 18.2. The maximum absolute atomic E-state index is 12.9. The van der Waals surface area contributed by atoms with Crippen LogP contribution in [0.15, 0.2) is 30.3 Å². The van der Waals surface area contributed by atoms with Crippen molar-refractivity contribution < 1.29 is 4.79 Å². The monoisotopic (exact) mass is 362 g/mol. The van der Waals surface area contributed by atoms with Crippen molar-refractivity contribution in [2.45, 2.75) is 38.6 Å². The lowest BCUT2D eigenvalue weighted by Crippen LogP contribution is -2.34. The lowest BCUT2D eigenvalue weighted by molar-refractivity contribution is 0.0751. The number of amides is 1. The van der Waals surface area contributed by atoms with Crippen molar-refractivity contribution in [3.8, 4) is 0 Å². The molecule has 0 saturated heterocycles. The Hall–Kier alpha value is -2.96. The maximum atomic E-state index is 12.9. The molecule has 0 unspecified atom stereocenters. The number of hydrogen-bond donors (Lipinski definition) is 1. The van der Waals surface area contributed by atoms with Gasteiger partial charge in [-0.05, 0) is 24.8 Å². The number of aromatic nitrogens is 5. The van der Waals surface area contributed by atoms with E-state index in [1.807, 2.05) is 27.8 Å². The minimum Gasteiger partial charge on any atom is -0.335 e. The van der Waals surface area contributed by atoms with Crippen LogP contribution in [-0.2, 0) is 32.2 Å². The van der Waals surface area contributed by atoms with E-state index in [9.17, 15) is 4.79 Å². The molecule has 2 aromatic heterocycles. The number of aryl methyl sites for hydroxylation is 1. The zero-order valence-electron chi connectivity index (χ0n) is 15.2. The van der Waals surface area contributed by atoms with Crippen LogP contribution in [0.5, 0.6) is 0 Å². The Labute approximate surface area is 157 Å². The van der Waals surface area contributed by atoms with Gasteiger partial charge in [0.1, 0.15) is 5.82 Å². The molecule has 0 bridgehead atoms. The molecule has 1 aromatic carbocycles. The number of nitrogens with one attached hydrogen (secondary N) is 1. The van der Waals surface area contributed by atoms with E-state index in [1.54, 1.807) is 0 Å². The number of aromatic amines is 1. The highest BCUT2D eigenvalue weighted by atomic mass is 16.2. The second-order valence-corrected chi connectivity index (χ2v) is 7.25. The summed E-state index contributed by atoms with van der Waals surface area (Å²) in [4.78, 5) is 19.6. The molecule has 7 nitrogen and oxygen atoms in total. The molecule has 0 spiro atoms. The van der Waals surface area contributed by atoms with E-state index in [2.05, 4.69) is 27.4 Å². The average Bonchev–Trinajstić information content (AvgIpc) is 3.36. The van der Waals surface area contributed by atoms with E-state index in [0.29, 0.717) is 25.3 Å². The van der Waals surface area contributed by atoms with Crippen molar-refractivity contribution in [2.75, 3.05) is 13.1 Å². The highest BCUT2D eigenvalue weighted by Crippen LogP contribution is 2.24. The number of fused-ring (bicyclic) bond motifs is 2. The predicted molar refractivity (Wildman–Crippen MR) is 99.5 cm³/mol. The van der Waals surface area contributed by atoms with Gasteiger partial charge in [-0.15, -0.1) is 0 Å². The Morgan fingerprint density at radius 1 is 1.07 bits per heavy atom. The predicted octanol–water partition coefficient (Wildman–Crippen LogP) is 1.78. The third-order valence-corrected chi connectivity index (χ3v) is 5.48. The number of nitrogens with zero attached hydrogens (tertiary/aromatic N) is 5. The molecular weight excluding hydrogens is 340 g/mol. The minimum absolute atomic E-state index is 0.0321. The molecule has 1 amide bonds. The number of rotatable bonds is 3. The van der Waals surface area contributed by atoms with Crippen molar-refractivity contribution in [3.05, 3.63) is 64.5 Å². The highest BCUT2D eigenvalue weighted by molar-refractivity contribution is 5.94. The van der Waals surface area contributed by atoms with Gasteiger partial charge in [-0.2, -0.15) is 10.2 Å². The van der Waals surface area contributed by atoms with Gasteiger partial charge in [-0.3, -0.25) is 9.89 Å². The van der Waals surface area contributed by atoms with Gasteiger partial charge in [0.05, 0.1) is 6.54 Å². The molecule has 1 aliphatic carbocycles. The number of H-pyrrole nitrogens is 1. The molecule has 3 aromatic rings. The van der Waals surface area contributed by atoms with E-state index in [0.717, 1.165) is 55.0 Å². The summed E-state index contributed by atoms with van der Waals surface area (Å²) in [7, 11) is 0. The first-order chi connectivity index (χ1) is 13.3. The fraction of sp³-hybridized carbons (Fsp3) is 0.400. The maximum Gasteiger partial charge on any atom is 0.274 e. The van der Waals surface area contributed by atoms with Crippen molar-refractivity contribution in [1.82, 2.24) is 29.9 Å². The second kappa shape index (κ2) is 6.64. The van der Waals surface area contributed by atoms with Crippen LogP contribution in [0.1, 0.15) is 45.4 Å². The Balaban J connectivity index is 1.29. The van der Waals surface area contributed by atoms with Gasteiger partial charge in [0, 0.05) is 37.2 Å². The van der Waals surface area contributed by atoms with Gasteiger partial charge in [0.25, 0.3) is 5.91 Å². The van der Waals surface area contributed by atoms with Crippen molar-refractivity contribution in [1.29, 1.82) is 0 Å². The highest BCUT2D eigenvalue weighted by Gasteiger charge is 2.28. The molecule has 1 N–H and O–H groups in total. The molecule has 0 fully saturated rings. The summed E-state index contributed by atoms with van der Waals surface area (Å²) in [6, 6.07) is 10.3. The topological polar surface area (TPSA) is 79.7 Å². The summed E-state index contributed by atoms with van der Waals surface area (Å²) in [5, 5.41) is 12.0. The Kier molecular flexibility index (Phi) is 3.99. The van der Waals surface area contributed by atoms with Gasteiger partial charge in [-0.25, -0.2) is 9.67 Å². The Morgan fingerprint density at radius 2 is 1.96 bits per heavy atom. The fourth-order valence-corrected chi connectivity index (χ4v) is 4.05. The smallest absolute Gasteiger partial charge is 0.274 e. The lowest BCUT2D eigenvalue weighted by Gasteiger charge is -2.19. The first kappa shape index (κ1) is 16.2. The summed E-state index contributed by atoms with van der Waals surface area (Å²) in [6.07, 6.45) is 4.52. The summed E-state index contributed by atoms with van der Waals surface area (Å²) in [5.41, 5.74) is 4.07. The van der Waals surface area contributed by atoms with Crippen LogP contribution in [0.3, 0.4) is 0 Å². The number of benzene rings is 1. The van der Waals surface area contributed by atoms with Crippen LogP contribution in [0.4, 0.5) is 0 Å². The van der Waals surface area contributed by atoms with E-state index in [4.69, 9.17) is 4.98 Å². The molecule has 1 aliphatic heterocycles. The van der Waals surface area contributed by atoms with Crippen molar-refractivity contribution in [3.63, 3.8) is 0 Å². The largest absolute Gasteiger partial charge is 0.335 e. The molecule has 7 heteroatoms. The molecule has 0 atom stereocenters. The van der Waals surface area contributed by atoms with Crippen molar-refractivity contribution in [2.24, 2.45) is 0 Å². The SMILES string of the molecule is O=C(c1n[nH]c2c1CCC2)N1CCc2nc(Cc3ccccc3)nn2CC1. The van der Waals surface area contributed by atoms with Crippen LogP contribution in [0, 0.1) is 0 Å². The van der Waals surface area contributed by atoms with Gasteiger partial charge in [0.15, 0.2) is 11.5 Å². The standard InChI is InChI=1S/C20H22N6O/c27-20(19-15-7-4-8-16(15)22-23-19)25-10-9-18-21-17(24-26(18)12-11-25)13-14-5-2-1-3-6-14/h1-3,5-6H,4,7-13H2,(H,22,23). The quantitative estimate of drug-likeness (QED) is 0.770. The Bertz CT molecular complexity index is 948. The van der Waals surface area contributed by atoms with Gasteiger partial charge >= 0.3 is 0 Å². The summed E-state index contributed by atoms with van der Waals surface area (Å²) in [6.45, 7) is 1.97. The van der Waals surface area contributed by atoms with Crippen LogP contribution in [-0.4, -0.2) is 48.9 Å². The van der Waals surface area contributed by atoms with E-state index in [-0.39, 0.29) is 5.91 Å². The summed E-state index contributed by atoms with van der Waals surface area (Å²) in [5.74, 6) is 1.84. The third kappa shape index (κ3) is 3.03. The normalized spacial score (nSPS) is 16.1. The number of hydrogen-bond acceptors (Lipinski definition) is 4. The van der Waals surface area contributed by atoms with Crippen LogP contribution in [0.2, 0.25) is 0 Å². The van der Waals surface area contributed by atoms with Gasteiger partial charge in [0.2, 0.25) is 0 Å². The Morgan fingerprint density at radius 3 is 2.85 bits per heavy atom. The number of carbonyl (C=O) groups excluding carboxylic acids is 1. The fourth-order valence-electron chi connectivity index (χ4n) is 4.05. The van der Waals surface area contributed by atoms with Crippen LogP contribution >= 0.6 is 0 Å². The molecular formula is C20H22N6O. The first-order valence-corrected chi connectivity index (χ1v) is 9.60. The average molecular weight is 362 g/mol. The molecule has 0 radical (unpaired) electrons. The van der Waals surface area contributed by atoms with Crippen LogP contribution in [0.25, 0.3) is 0 Å². The summed E-state index contributed by atoms with van der Waals surface area (Å²) < 4.78 is 1.96. The van der Waals surface area contributed by atoms with Gasteiger partial charge < -0.3 is 4.90 Å². The second-order valence-electron chi connectivity index (χ2n) is 7.25. The molecule has 5 rings (SSSR count). The lowest BCUT2D eigenvalue weighted by atomic mass is 10.1. The van der Waals surface area contributed by atoms with Gasteiger partial charge in [-0.1, -0.05) is 30.3 Å². The van der Waals surface area contributed by atoms with E-state index >= 15 is 0 Å². The number of carbonyl (C=O) groups is 1. The summed E-state index contributed by atoms with van der Waals surface area (Å²) >= 11 is 0. The first-order valence-electron chi connectivity index (χ1n) is 9.60. The minimum atomic E-state index is 0.0321. The molecule has 27 heavy (non-hydrogen) atoms. The molecule has 0 saturated carbocycles. The van der Waals surface area contributed by atoms with Crippen molar-refractivity contribution >= 4 is 5.91 Å². The molecule has 138 valence electrons. The zero-order valence-corrected chi connectivity index (χ0v) is 15.2. The van der Waals surface area contributed by atoms with E-state index in [1.165, 1.54) is 5.56 Å². The van der Waals surface area contributed by atoms with Crippen LogP contribution < -0.4 is 0 Å².